The Bertz CT molecular complexity index is 227. The molecule has 3 N–H and O–H groups in total. The molecule has 1 unspecified atom stereocenters. The molecule has 1 fully saturated rings. The Morgan fingerprint density at radius 1 is 1.50 bits per heavy atom. The van der Waals surface area contributed by atoms with Crippen LogP contribution in [0.5, 0.6) is 0 Å². The van der Waals surface area contributed by atoms with Crippen molar-refractivity contribution >= 4 is 5.91 Å². The van der Waals surface area contributed by atoms with Crippen molar-refractivity contribution in [2.75, 3.05) is 13.2 Å². The Hall–Kier alpha value is -0.610. The van der Waals surface area contributed by atoms with Crippen LogP contribution in [-0.4, -0.2) is 30.7 Å². The van der Waals surface area contributed by atoms with Gasteiger partial charge in [0.1, 0.15) is 0 Å². The average Bonchev–Trinajstić information content (AvgIpc) is 2.29. The van der Waals surface area contributed by atoms with Crippen LogP contribution in [0.1, 0.15) is 46.0 Å². The summed E-state index contributed by atoms with van der Waals surface area (Å²) in [6.07, 6.45) is 4.59. The summed E-state index contributed by atoms with van der Waals surface area (Å²) in [4.78, 5) is 10.6. The Balaban J connectivity index is 2.35. The van der Waals surface area contributed by atoms with Crippen molar-refractivity contribution in [3.05, 3.63) is 0 Å². The molecule has 1 heterocycles. The van der Waals surface area contributed by atoms with Crippen molar-refractivity contribution in [1.29, 1.82) is 0 Å². The zero-order valence-electron chi connectivity index (χ0n) is 10.4. The van der Waals surface area contributed by atoms with Gasteiger partial charge in [0.2, 0.25) is 5.91 Å². The van der Waals surface area contributed by atoms with E-state index in [2.05, 4.69) is 19.2 Å². The van der Waals surface area contributed by atoms with Crippen molar-refractivity contribution in [3.8, 4) is 0 Å². The van der Waals surface area contributed by atoms with Crippen molar-refractivity contribution in [3.63, 3.8) is 0 Å². The lowest BCUT2D eigenvalue weighted by Gasteiger charge is -2.40. The van der Waals surface area contributed by atoms with Crippen LogP contribution >= 0.6 is 0 Å². The van der Waals surface area contributed by atoms with E-state index in [0.29, 0.717) is 19.0 Å². The molecule has 0 aromatic rings. The minimum absolute atomic E-state index is 0.0443. The first-order chi connectivity index (χ1) is 7.62. The van der Waals surface area contributed by atoms with E-state index in [9.17, 15) is 4.79 Å². The third-order valence-electron chi connectivity index (χ3n) is 3.59. The van der Waals surface area contributed by atoms with Crippen LogP contribution in [0.25, 0.3) is 0 Å². The van der Waals surface area contributed by atoms with E-state index in [1.54, 1.807) is 0 Å². The highest BCUT2D eigenvalue weighted by Gasteiger charge is 2.34. The third-order valence-corrected chi connectivity index (χ3v) is 3.59. The maximum atomic E-state index is 10.6. The minimum Gasteiger partial charge on any atom is -0.375 e. The second-order valence-corrected chi connectivity index (χ2v) is 4.60. The second-order valence-electron chi connectivity index (χ2n) is 4.60. The summed E-state index contributed by atoms with van der Waals surface area (Å²) in [5, 5.41) is 3.40. The molecule has 1 rings (SSSR count). The van der Waals surface area contributed by atoms with Crippen molar-refractivity contribution in [2.24, 2.45) is 5.73 Å². The Kier molecular flexibility index (Phi) is 5.22. The van der Waals surface area contributed by atoms with Gasteiger partial charge in [0, 0.05) is 25.6 Å². The van der Waals surface area contributed by atoms with Gasteiger partial charge in [0.25, 0.3) is 0 Å². The molecule has 0 bridgehead atoms. The SMILES string of the molecule is CCC1(CC)CC(NCCC(N)=O)CCO1. The van der Waals surface area contributed by atoms with E-state index in [-0.39, 0.29) is 11.5 Å². The molecule has 1 aliphatic rings. The lowest BCUT2D eigenvalue weighted by atomic mass is 9.86. The van der Waals surface area contributed by atoms with Crippen LogP contribution in [0.2, 0.25) is 0 Å². The summed E-state index contributed by atoms with van der Waals surface area (Å²) in [5.41, 5.74) is 5.15. The average molecular weight is 228 g/mol. The van der Waals surface area contributed by atoms with E-state index in [1.807, 2.05) is 0 Å². The second kappa shape index (κ2) is 6.21. The van der Waals surface area contributed by atoms with Crippen LogP contribution in [0.4, 0.5) is 0 Å². The van der Waals surface area contributed by atoms with Gasteiger partial charge in [-0.15, -0.1) is 0 Å². The summed E-state index contributed by atoms with van der Waals surface area (Å²) >= 11 is 0. The first kappa shape index (κ1) is 13.5. The summed E-state index contributed by atoms with van der Waals surface area (Å²) in [5.74, 6) is -0.239. The van der Waals surface area contributed by atoms with Gasteiger partial charge in [0.05, 0.1) is 5.60 Å². The molecule has 1 aliphatic heterocycles. The molecule has 94 valence electrons. The number of nitrogens with two attached hydrogens (primary N) is 1. The standard InChI is InChI=1S/C12H24N2O2/c1-3-12(4-2)9-10(6-8-16-12)14-7-5-11(13)15/h10,14H,3-9H2,1-2H3,(H2,13,15). The Labute approximate surface area is 97.9 Å². The fraction of sp³-hybridized carbons (Fsp3) is 0.917. The molecule has 0 spiro atoms. The van der Waals surface area contributed by atoms with Gasteiger partial charge in [-0.05, 0) is 25.7 Å². The summed E-state index contributed by atoms with van der Waals surface area (Å²) < 4.78 is 5.89. The van der Waals surface area contributed by atoms with E-state index in [0.717, 1.165) is 32.3 Å². The molecule has 0 aromatic heterocycles. The number of rotatable bonds is 6. The molecule has 1 saturated heterocycles. The zero-order chi connectivity index (χ0) is 12.0. The summed E-state index contributed by atoms with van der Waals surface area (Å²) in [7, 11) is 0. The smallest absolute Gasteiger partial charge is 0.218 e. The normalized spacial score (nSPS) is 24.2. The fourth-order valence-corrected chi connectivity index (χ4v) is 2.34. The number of hydrogen-bond acceptors (Lipinski definition) is 3. The molecule has 4 nitrogen and oxygen atoms in total. The van der Waals surface area contributed by atoms with Gasteiger partial charge >= 0.3 is 0 Å². The predicted molar refractivity (Wildman–Crippen MR) is 64.1 cm³/mol. The molecule has 16 heavy (non-hydrogen) atoms. The number of ether oxygens (including phenoxy) is 1. The first-order valence-electron chi connectivity index (χ1n) is 6.27. The van der Waals surface area contributed by atoms with E-state index in [1.165, 1.54) is 0 Å². The number of carbonyl (C=O) groups excluding carboxylic acids is 1. The number of nitrogens with one attached hydrogen (secondary N) is 1. The maximum Gasteiger partial charge on any atom is 0.218 e. The Morgan fingerprint density at radius 2 is 2.19 bits per heavy atom. The fourth-order valence-electron chi connectivity index (χ4n) is 2.34. The highest BCUT2D eigenvalue weighted by molar-refractivity contribution is 5.73. The van der Waals surface area contributed by atoms with Gasteiger partial charge < -0.3 is 15.8 Å². The van der Waals surface area contributed by atoms with Gasteiger partial charge in [-0.3, -0.25) is 4.79 Å². The minimum atomic E-state index is -0.239. The van der Waals surface area contributed by atoms with Gasteiger partial charge in [-0.2, -0.15) is 0 Å². The van der Waals surface area contributed by atoms with Crippen molar-refractivity contribution < 1.29 is 9.53 Å². The molecule has 4 heteroatoms. The highest BCUT2D eigenvalue weighted by atomic mass is 16.5. The first-order valence-corrected chi connectivity index (χ1v) is 6.27. The zero-order valence-corrected chi connectivity index (χ0v) is 10.4. The van der Waals surface area contributed by atoms with Crippen LogP contribution in [-0.2, 0) is 9.53 Å². The lowest BCUT2D eigenvalue weighted by Crippen LogP contribution is -2.47. The summed E-state index contributed by atoms with van der Waals surface area (Å²) in [6, 6.07) is 0.466. The van der Waals surface area contributed by atoms with Crippen LogP contribution in [0.3, 0.4) is 0 Å². The predicted octanol–water partition coefficient (Wildman–Crippen LogP) is 1.19. The van der Waals surface area contributed by atoms with Gasteiger partial charge in [0.15, 0.2) is 0 Å². The molecule has 0 aliphatic carbocycles. The van der Waals surface area contributed by atoms with Crippen molar-refractivity contribution in [1.82, 2.24) is 5.32 Å². The molecular formula is C12H24N2O2. The highest BCUT2D eigenvalue weighted by Crippen LogP contribution is 2.31. The molecular weight excluding hydrogens is 204 g/mol. The summed E-state index contributed by atoms with van der Waals surface area (Å²) in [6.45, 7) is 5.85. The van der Waals surface area contributed by atoms with E-state index in [4.69, 9.17) is 10.5 Å². The largest absolute Gasteiger partial charge is 0.375 e. The topological polar surface area (TPSA) is 64.3 Å². The number of amides is 1. The van der Waals surface area contributed by atoms with E-state index < -0.39 is 0 Å². The molecule has 1 amide bonds. The quantitative estimate of drug-likeness (QED) is 0.717. The number of carbonyl (C=O) groups is 1. The number of primary amides is 1. The van der Waals surface area contributed by atoms with Gasteiger partial charge in [-0.1, -0.05) is 13.8 Å². The molecule has 0 radical (unpaired) electrons. The lowest BCUT2D eigenvalue weighted by molar-refractivity contribution is -0.118. The van der Waals surface area contributed by atoms with Crippen LogP contribution in [0, 0.1) is 0 Å². The number of hydrogen-bond donors (Lipinski definition) is 2. The monoisotopic (exact) mass is 228 g/mol. The van der Waals surface area contributed by atoms with Gasteiger partial charge in [-0.25, -0.2) is 0 Å². The Morgan fingerprint density at radius 3 is 2.75 bits per heavy atom. The molecule has 1 atom stereocenters. The maximum absolute atomic E-state index is 10.6. The molecule has 0 saturated carbocycles. The van der Waals surface area contributed by atoms with E-state index >= 15 is 0 Å². The van der Waals surface area contributed by atoms with Crippen LogP contribution < -0.4 is 11.1 Å². The third kappa shape index (κ3) is 3.76. The van der Waals surface area contributed by atoms with Crippen LogP contribution in [0.15, 0.2) is 0 Å². The van der Waals surface area contributed by atoms with Crippen molar-refractivity contribution in [2.45, 2.75) is 57.6 Å². The molecule has 0 aromatic carbocycles.